The van der Waals surface area contributed by atoms with Crippen molar-refractivity contribution in [2.75, 3.05) is 0 Å². The second-order valence-electron chi connectivity index (χ2n) is 4.99. The first-order valence-electron chi connectivity index (χ1n) is 7.27. The molecule has 1 atom stereocenters. The lowest BCUT2D eigenvalue weighted by Crippen LogP contribution is -2.05. The van der Waals surface area contributed by atoms with Gasteiger partial charge in [0.25, 0.3) is 0 Å². The Balaban J connectivity index is 0.000000437. The van der Waals surface area contributed by atoms with Crippen molar-refractivity contribution in [1.82, 2.24) is 9.55 Å². The molecule has 2 heterocycles. The highest BCUT2D eigenvalue weighted by molar-refractivity contribution is 5.23. The molecule has 1 unspecified atom stereocenters. The van der Waals surface area contributed by atoms with Crippen LogP contribution in [0.4, 0.5) is 0 Å². The summed E-state index contributed by atoms with van der Waals surface area (Å²) in [6, 6.07) is 0. The van der Waals surface area contributed by atoms with E-state index in [1.807, 2.05) is 0 Å². The number of hydrogen-bond donors (Lipinski definition) is 0. The largest absolute Gasteiger partial charge is 0.331 e. The Morgan fingerprint density at radius 3 is 2.41 bits per heavy atom. The van der Waals surface area contributed by atoms with Gasteiger partial charge in [0.1, 0.15) is 5.82 Å². The molecule has 0 aromatic carbocycles. The maximum atomic E-state index is 4.74. The molecule has 0 amide bonds. The summed E-state index contributed by atoms with van der Waals surface area (Å²) in [7, 11) is 0. The van der Waals surface area contributed by atoms with Gasteiger partial charge in [-0.1, -0.05) is 41.0 Å². The Kier molecular flexibility index (Phi) is 5.73. The molecule has 0 saturated carbocycles. The van der Waals surface area contributed by atoms with Gasteiger partial charge in [0.2, 0.25) is 0 Å². The lowest BCUT2D eigenvalue weighted by molar-refractivity contribution is 0.620. The van der Waals surface area contributed by atoms with E-state index in [0.29, 0.717) is 5.92 Å². The Bertz CT molecular complexity index is 339. The molecule has 2 nitrogen and oxygen atoms in total. The first kappa shape index (κ1) is 14.3. The number of nitrogens with zero attached hydrogens (tertiary/aromatic N) is 2. The van der Waals surface area contributed by atoms with E-state index in [1.54, 1.807) is 0 Å². The summed E-state index contributed by atoms with van der Waals surface area (Å²) in [5.74, 6) is 2.00. The van der Waals surface area contributed by atoms with Crippen molar-refractivity contribution in [1.29, 1.82) is 0 Å². The Hall–Kier alpha value is -0.790. The standard InChI is InChI=1S/C12H20N2.C3H8/c1-4-9(3)12-10(5-2)13-11-7-6-8-14(11)12;1-3-2/h9H,4-8H2,1-3H3;3H2,1-2H3. The molecule has 1 aromatic rings. The molecule has 0 bridgehead atoms. The predicted molar refractivity (Wildman–Crippen MR) is 74.6 cm³/mol. The molecule has 0 saturated heterocycles. The Labute approximate surface area is 106 Å². The van der Waals surface area contributed by atoms with Crippen molar-refractivity contribution in [2.45, 2.75) is 79.2 Å². The maximum Gasteiger partial charge on any atom is 0.109 e. The fourth-order valence-electron chi connectivity index (χ4n) is 2.41. The van der Waals surface area contributed by atoms with E-state index in [2.05, 4.69) is 39.2 Å². The second kappa shape index (κ2) is 6.83. The molecule has 0 spiro atoms. The number of hydrogen-bond acceptors (Lipinski definition) is 1. The monoisotopic (exact) mass is 236 g/mol. The van der Waals surface area contributed by atoms with Gasteiger partial charge in [0.05, 0.1) is 5.69 Å². The average Bonchev–Trinajstić information content (AvgIpc) is 2.88. The molecule has 1 aromatic heterocycles. The van der Waals surface area contributed by atoms with Crippen molar-refractivity contribution in [3.05, 3.63) is 17.2 Å². The van der Waals surface area contributed by atoms with Gasteiger partial charge >= 0.3 is 0 Å². The van der Waals surface area contributed by atoms with Gasteiger partial charge in [-0.05, 0) is 25.2 Å². The van der Waals surface area contributed by atoms with Crippen LogP contribution in [0.1, 0.15) is 77.0 Å². The third-order valence-corrected chi connectivity index (χ3v) is 3.36. The molecular formula is C15H28N2. The van der Waals surface area contributed by atoms with E-state index in [1.165, 1.54) is 49.4 Å². The van der Waals surface area contributed by atoms with Gasteiger partial charge in [-0.3, -0.25) is 0 Å². The topological polar surface area (TPSA) is 17.8 Å². The van der Waals surface area contributed by atoms with Crippen LogP contribution >= 0.6 is 0 Å². The number of imidazole rings is 1. The van der Waals surface area contributed by atoms with E-state index in [4.69, 9.17) is 4.98 Å². The van der Waals surface area contributed by atoms with Gasteiger partial charge in [-0.25, -0.2) is 4.98 Å². The molecule has 0 aliphatic carbocycles. The normalized spacial score (nSPS) is 15.1. The number of aryl methyl sites for hydroxylation is 2. The van der Waals surface area contributed by atoms with Crippen LogP contribution in [-0.4, -0.2) is 9.55 Å². The lowest BCUT2D eigenvalue weighted by atomic mass is 10.0. The quantitative estimate of drug-likeness (QED) is 0.764. The van der Waals surface area contributed by atoms with Crippen molar-refractivity contribution in [3.8, 4) is 0 Å². The van der Waals surface area contributed by atoms with Crippen LogP contribution in [0.5, 0.6) is 0 Å². The van der Waals surface area contributed by atoms with Gasteiger partial charge in [-0.15, -0.1) is 0 Å². The highest BCUT2D eigenvalue weighted by Crippen LogP contribution is 2.28. The van der Waals surface area contributed by atoms with Gasteiger partial charge in [0, 0.05) is 18.7 Å². The minimum atomic E-state index is 0.671. The zero-order valence-corrected chi connectivity index (χ0v) is 12.2. The third kappa shape index (κ3) is 3.11. The van der Waals surface area contributed by atoms with Crippen LogP contribution in [0.15, 0.2) is 0 Å². The zero-order valence-electron chi connectivity index (χ0n) is 12.2. The fraction of sp³-hybridized carbons (Fsp3) is 0.800. The van der Waals surface area contributed by atoms with Crippen molar-refractivity contribution in [2.24, 2.45) is 0 Å². The van der Waals surface area contributed by atoms with E-state index < -0.39 is 0 Å². The molecule has 2 heteroatoms. The smallest absolute Gasteiger partial charge is 0.109 e. The average molecular weight is 236 g/mol. The Morgan fingerprint density at radius 1 is 1.24 bits per heavy atom. The van der Waals surface area contributed by atoms with Gasteiger partial charge in [-0.2, -0.15) is 0 Å². The first-order valence-corrected chi connectivity index (χ1v) is 7.27. The fourth-order valence-corrected chi connectivity index (χ4v) is 2.41. The van der Waals surface area contributed by atoms with Crippen molar-refractivity contribution < 1.29 is 0 Å². The van der Waals surface area contributed by atoms with E-state index in [0.717, 1.165) is 6.42 Å². The van der Waals surface area contributed by atoms with Crippen molar-refractivity contribution >= 4 is 0 Å². The van der Waals surface area contributed by atoms with Gasteiger partial charge < -0.3 is 4.57 Å². The van der Waals surface area contributed by atoms with Crippen LogP contribution in [0.3, 0.4) is 0 Å². The minimum absolute atomic E-state index is 0.671. The van der Waals surface area contributed by atoms with Crippen LogP contribution < -0.4 is 0 Å². The Morgan fingerprint density at radius 2 is 1.88 bits per heavy atom. The summed E-state index contributed by atoms with van der Waals surface area (Å²) in [5.41, 5.74) is 2.86. The van der Waals surface area contributed by atoms with Crippen LogP contribution in [0.2, 0.25) is 0 Å². The summed E-state index contributed by atoms with van der Waals surface area (Å²) in [6.07, 6.45) is 6.02. The molecule has 98 valence electrons. The van der Waals surface area contributed by atoms with Crippen LogP contribution in [0.25, 0.3) is 0 Å². The molecule has 17 heavy (non-hydrogen) atoms. The lowest BCUT2D eigenvalue weighted by Gasteiger charge is -2.13. The highest BCUT2D eigenvalue weighted by Gasteiger charge is 2.22. The molecule has 0 fully saturated rings. The molecule has 1 aliphatic rings. The van der Waals surface area contributed by atoms with E-state index >= 15 is 0 Å². The van der Waals surface area contributed by atoms with Crippen LogP contribution in [-0.2, 0) is 19.4 Å². The van der Waals surface area contributed by atoms with Crippen molar-refractivity contribution in [3.63, 3.8) is 0 Å². The highest BCUT2D eigenvalue weighted by atomic mass is 15.1. The minimum Gasteiger partial charge on any atom is -0.331 e. The summed E-state index contributed by atoms with van der Waals surface area (Å²) in [6.45, 7) is 12.2. The molecule has 2 rings (SSSR count). The molecule has 0 N–H and O–H groups in total. The summed E-state index contributed by atoms with van der Waals surface area (Å²) >= 11 is 0. The summed E-state index contributed by atoms with van der Waals surface area (Å²) < 4.78 is 2.47. The van der Waals surface area contributed by atoms with E-state index in [9.17, 15) is 0 Å². The SMILES string of the molecule is CCC.CCc1nc2n(c1C(C)CC)CCC2. The van der Waals surface area contributed by atoms with Gasteiger partial charge in [0.15, 0.2) is 0 Å². The van der Waals surface area contributed by atoms with Crippen LogP contribution in [0, 0.1) is 0 Å². The number of aromatic nitrogens is 2. The molecule has 0 radical (unpaired) electrons. The summed E-state index contributed by atoms with van der Waals surface area (Å²) in [4.78, 5) is 4.74. The zero-order chi connectivity index (χ0) is 12.8. The number of fused-ring (bicyclic) bond motifs is 1. The molecular weight excluding hydrogens is 208 g/mol. The second-order valence-corrected chi connectivity index (χ2v) is 4.99. The predicted octanol–water partition coefficient (Wildman–Crippen LogP) is 4.32. The maximum absolute atomic E-state index is 4.74. The third-order valence-electron chi connectivity index (χ3n) is 3.36. The van der Waals surface area contributed by atoms with E-state index in [-0.39, 0.29) is 0 Å². The number of rotatable bonds is 3. The first-order chi connectivity index (χ1) is 8.19. The summed E-state index contributed by atoms with van der Waals surface area (Å²) in [5, 5.41) is 0. The molecule has 1 aliphatic heterocycles.